The monoisotopic (exact) mass is 362 g/mol. The predicted molar refractivity (Wildman–Crippen MR) is 94.0 cm³/mol. The van der Waals surface area contributed by atoms with Crippen LogP contribution in [0.25, 0.3) is 0 Å². The van der Waals surface area contributed by atoms with Crippen LogP contribution in [0.3, 0.4) is 0 Å². The molecule has 0 saturated carbocycles. The van der Waals surface area contributed by atoms with E-state index in [1.807, 2.05) is 13.0 Å². The average molecular weight is 363 g/mol. The zero-order chi connectivity index (χ0) is 15.4. The predicted octanol–water partition coefficient (Wildman–Crippen LogP) is 3.78. The van der Waals surface area contributed by atoms with E-state index in [1.54, 1.807) is 29.6 Å². The van der Waals surface area contributed by atoms with Gasteiger partial charge in [-0.15, -0.1) is 23.5 Å². The van der Waals surface area contributed by atoms with Gasteiger partial charge in [-0.1, -0.05) is 35.8 Å². The Morgan fingerprint density at radius 1 is 1.38 bits per heavy atom. The highest BCUT2D eigenvalue weighted by Gasteiger charge is 2.24. The third kappa shape index (κ3) is 4.49. The lowest BCUT2D eigenvalue weighted by atomic mass is 10.1. The number of rotatable bonds is 5. The highest BCUT2D eigenvalue weighted by Crippen LogP contribution is 2.32. The lowest BCUT2D eigenvalue weighted by Crippen LogP contribution is -2.34. The SMILES string of the molecule is C=C(NCc1c(C)ccc(Cl)c1Cl)NC(=O)C1SCCS1. The van der Waals surface area contributed by atoms with Gasteiger partial charge in [0.1, 0.15) is 4.58 Å². The Hall–Kier alpha value is -0.490. The average Bonchev–Trinajstić information content (AvgIpc) is 2.97. The lowest BCUT2D eigenvalue weighted by molar-refractivity contribution is -0.118. The second-order valence-corrected chi connectivity index (χ2v) is 8.06. The van der Waals surface area contributed by atoms with Crippen molar-refractivity contribution in [2.75, 3.05) is 11.5 Å². The van der Waals surface area contributed by atoms with Crippen molar-refractivity contribution in [2.45, 2.75) is 18.1 Å². The minimum absolute atomic E-state index is 0.0195. The summed E-state index contributed by atoms with van der Waals surface area (Å²) in [4.78, 5) is 12.0. The molecule has 114 valence electrons. The third-order valence-corrected chi connectivity index (χ3v) is 6.85. The van der Waals surface area contributed by atoms with Crippen LogP contribution in [0, 0.1) is 6.92 Å². The molecule has 1 amide bonds. The smallest absolute Gasteiger partial charge is 0.248 e. The van der Waals surface area contributed by atoms with Crippen LogP contribution in [-0.4, -0.2) is 22.0 Å². The van der Waals surface area contributed by atoms with Gasteiger partial charge >= 0.3 is 0 Å². The Morgan fingerprint density at radius 3 is 2.71 bits per heavy atom. The van der Waals surface area contributed by atoms with Crippen LogP contribution in [0.15, 0.2) is 24.5 Å². The minimum Gasteiger partial charge on any atom is -0.368 e. The molecule has 1 aromatic carbocycles. The second-order valence-electron chi connectivity index (χ2n) is 4.55. The molecule has 0 radical (unpaired) electrons. The number of hydrogen-bond acceptors (Lipinski definition) is 4. The molecule has 0 aliphatic carbocycles. The molecule has 7 heteroatoms. The van der Waals surface area contributed by atoms with E-state index in [-0.39, 0.29) is 10.5 Å². The maximum Gasteiger partial charge on any atom is 0.248 e. The van der Waals surface area contributed by atoms with Gasteiger partial charge in [0.25, 0.3) is 0 Å². The van der Waals surface area contributed by atoms with E-state index >= 15 is 0 Å². The maximum absolute atomic E-state index is 12.0. The largest absolute Gasteiger partial charge is 0.368 e. The number of hydrogen-bond donors (Lipinski definition) is 2. The van der Waals surface area contributed by atoms with E-state index in [0.29, 0.717) is 22.4 Å². The van der Waals surface area contributed by atoms with Gasteiger partial charge in [0, 0.05) is 18.1 Å². The molecular formula is C14H16Cl2N2OS2. The van der Waals surface area contributed by atoms with Gasteiger partial charge in [-0.25, -0.2) is 0 Å². The topological polar surface area (TPSA) is 41.1 Å². The van der Waals surface area contributed by atoms with Crippen molar-refractivity contribution >= 4 is 52.6 Å². The third-order valence-electron chi connectivity index (χ3n) is 3.02. The van der Waals surface area contributed by atoms with Gasteiger partial charge in [0.2, 0.25) is 5.91 Å². The fraction of sp³-hybridized carbons (Fsp3) is 0.357. The number of carbonyl (C=O) groups is 1. The summed E-state index contributed by atoms with van der Waals surface area (Å²) in [6, 6.07) is 3.69. The molecule has 0 aromatic heterocycles. The Balaban J connectivity index is 1.89. The van der Waals surface area contributed by atoms with Crippen molar-refractivity contribution in [1.29, 1.82) is 0 Å². The summed E-state index contributed by atoms with van der Waals surface area (Å²) in [6.45, 7) is 6.26. The van der Waals surface area contributed by atoms with Crippen molar-refractivity contribution in [3.8, 4) is 0 Å². The first-order chi connectivity index (χ1) is 9.99. The van der Waals surface area contributed by atoms with Crippen LogP contribution in [-0.2, 0) is 11.3 Å². The standard InChI is InChI=1S/C14H16Cl2N2OS2/c1-8-3-4-11(15)12(16)10(8)7-17-9(2)18-13(19)14-20-5-6-21-14/h3-4,14,17H,2,5-7H2,1H3,(H,18,19). The molecule has 2 rings (SSSR count). The zero-order valence-corrected chi connectivity index (χ0v) is 14.7. The number of halogens is 2. The first-order valence-corrected chi connectivity index (χ1v) is 9.24. The summed E-state index contributed by atoms with van der Waals surface area (Å²) in [5, 5.41) is 6.91. The van der Waals surface area contributed by atoms with E-state index in [9.17, 15) is 4.79 Å². The molecule has 3 nitrogen and oxygen atoms in total. The number of benzene rings is 1. The zero-order valence-electron chi connectivity index (χ0n) is 11.5. The van der Waals surface area contributed by atoms with E-state index in [4.69, 9.17) is 23.2 Å². The number of thioether (sulfide) groups is 2. The minimum atomic E-state index is -0.0416. The molecule has 1 aliphatic rings. The Labute approximate surface area is 143 Å². The molecule has 0 bridgehead atoms. The van der Waals surface area contributed by atoms with Crippen LogP contribution < -0.4 is 10.6 Å². The van der Waals surface area contributed by atoms with Gasteiger partial charge in [-0.05, 0) is 24.1 Å². The molecule has 1 saturated heterocycles. The molecule has 1 fully saturated rings. The van der Waals surface area contributed by atoms with Crippen molar-refractivity contribution in [3.05, 3.63) is 45.7 Å². The van der Waals surface area contributed by atoms with E-state index in [0.717, 1.165) is 22.6 Å². The number of carbonyl (C=O) groups excluding carboxylic acids is 1. The molecule has 1 heterocycles. The van der Waals surface area contributed by atoms with Gasteiger partial charge < -0.3 is 10.6 Å². The first kappa shape index (κ1) is 16.9. The summed E-state index contributed by atoms with van der Waals surface area (Å²) in [7, 11) is 0. The fourth-order valence-corrected chi connectivity index (χ4v) is 4.90. The van der Waals surface area contributed by atoms with Crippen molar-refractivity contribution in [1.82, 2.24) is 10.6 Å². The van der Waals surface area contributed by atoms with Gasteiger partial charge in [-0.3, -0.25) is 4.79 Å². The lowest BCUT2D eigenvalue weighted by Gasteiger charge is -2.15. The maximum atomic E-state index is 12.0. The molecule has 1 aliphatic heterocycles. The Morgan fingerprint density at radius 2 is 2.05 bits per heavy atom. The molecule has 2 N–H and O–H groups in total. The Kier molecular flexibility index (Phi) is 6.17. The molecule has 0 atom stereocenters. The fourth-order valence-electron chi connectivity index (χ4n) is 1.86. The molecule has 0 spiro atoms. The van der Waals surface area contributed by atoms with Crippen molar-refractivity contribution < 1.29 is 4.79 Å². The summed E-state index contributed by atoms with van der Waals surface area (Å²) in [5.41, 5.74) is 1.95. The molecule has 0 unspecified atom stereocenters. The van der Waals surface area contributed by atoms with Crippen molar-refractivity contribution in [3.63, 3.8) is 0 Å². The highest BCUT2D eigenvalue weighted by molar-refractivity contribution is 8.21. The number of amides is 1. The van der Waals surface area contributed by atoms with Crippen LogP contribution in [0.5, 0.6) is 0 Å². The van der Waals surface area contributed by atoms with Crippen LogP contribution >= 0.6 is 46.7 Å². The Bertz CT molecular complexity index is 560. The second kappa shape index (κ2) is 7.68. The van der Waals surface area contributed by atoms with Crippen LogP contribution in [0.2, 0.25) is 10.0 Å². The molecular weight excluding hydrogens is 347 g/mol. The van der Waals surface area contributed by atoms with Gasteiger partial charge in [0.05, 0.1) is 15.9 Å². The molecule has 21 heavy (non-hydrogen) atoms. The molecule has 1 aromatic rings. The van der Waals surface area contributed by atoms with E-state index in [2.05, 4.69) is 17.2 Å². The van der Waals surface area contributed by atoms with E-state index in [1.165, 1.54) is 0 Å². The summed E-state index contributed by atoms with van der Waals surface area (Å²) < 4.78 is -0.0416. The highest BCUT2D eigenvalue weighted by atomic mass is 35.5. The quantitative estimate of drug-likeness (QED) is 0.835. The van der Waals surface area contributed by atoms with Crippen LogP contribution in [0.1, 0.15) is 11.1 Å². The normalized spacial score (nSPS) is 15.0. The van der Waals surface area contributed by atoms with Gasteiger partial charge in [0.15, 0.2) is 0 Å². The van der Waals surface area contributed by atoms with Crippen molar-refractivity contribution in [2.24, 2.45) is 0 Å². The summed E-state index contributed by atoms with van der Waals surface area (Å²) in [6.07, 6.45) is 0. The number of nitrogens with one attached hydrogen (secondary N) is 2. The van der Waals surface area contributed by atoms with Crippen LogP contribution in [0.4, 0.5) is 0 Å². The summed E-state index contributed by atoms with van der Waals surface area (Å²) >= 11 is 15.5. The first-order valence-electron chi connectivity index (χ1n) is 6.39. The van der Waals surface area contributed by atoms with Gasteiger partial charge in [-0.2, -0.15) is 0 Å². The van der Waals surface area contributed by atoms with E-state index < -0.39 is 0 Å². The number of aryl methyl sites for hydroxylation is 1. The summed E-state index contributed by atoms with van der Waals surface area (Å²) in [5.74, 6) is 2.48.